The van der Waals surface area contributed by atoms with Crippen LogP contribution in [0.15, 0.2) is 10.7 Å². The van der Waals surface area contributed by atoms with Gasteiger partial charge >= 0.3 is 5.97 Å². The lowest BCUT2D eigenvalue weighted by Gasteiger charge is -2.16. The van der Waals surface area contributed by atoms with Gasteiger partial charge in [-0.25, -0.2) is 0 Å². The Kier molecular flexibility index (Phi) is 3.17. The molecular weight excluding hydrogens is 194 g/mol. The van der Waals surface area contributed by atoms with Gasteiger partial charge in [-0.2, -0.15) is 0 Å². The van der Waals surface area contributed by atoms with E-state index in [4.69, 9.17) is 9.63 Å². The summed E-state index contributed by atoms with van der Waals surface area (Å²) in [7, 11) is 0. The van der Waals surface area contributed by atoms with Crippen LogP contribution in [0.25, 0.3) is 0 Å². The van der Waals surface area contributed by atoms with Gasteiger partial charge in [-0.1, -0.05) is 32.9 Å². The molecule has 1 atom stereocenters. The van der Waals surface area contributed by atoms with Gasteiger partial charge in [-0.05, 0) is 6.42 Å². The molecule has 1 aromatic heterocycles. The van der Waals surface area contributed by atoms with E-state index in [0.29, 0.717) is 6.42 Å². The average molecular weight is 211 g/mol. The number of aromatic nitrogens is 1. The van der Waals surface area contributed by atoms with E-state index in [-0.39, 0.29) is 5.41 Å². The molecule has 0 saturated carbocycles. The van der Waals surface area contributed by atoms with Crippen LogP contribution in [-0.2, 0) is 16.6 Å². The zero-order chi connectivity index (χ0) is 11.6. The third-order valence-corrected chi connectivity index (χ3v) is 2.27. The van der Waals surface area contributed by atoms with Gasteiger partial charge in [0.1, 0.15) is 5.76 Å². The van der Waals surface area contributed by atoms with Crippen LogP contribution in [0.5, 0.6) is 0 Å². The maximum Gasteiger partial charge on any atom is 0.306 e. The smallest absolute Gasteiger partial charge is 0.306 e. The number of hydrogen-bond donors (Lipinski definition) is 1. The molecule has 1 unspecified atom stereocenters. The highest BCUT2D eigenvalue weighted by Gasteiger charge is 2.25. The largest absolute Gasteiger partial charge is 0.481 e. The summed E-state index contributed by atoms with van der Waals surface area (Å²) in [4.78, 5) is 10.7. The lowest BCUT2D eigenvalue weighted by molar-refractivity contribution is -0.141. The van der Waals surface area contributed by atoms with Gasteiger partial charge < -0.3 is 9.63 Å². The molecule has 0 aliphatic carbocycles. The molecule has 1 heterocycles. The van der Waals surface area contributed by atoms with Crippen LogP contribution < -0.4 is 0 Å². The lowest BCUT2D eigenvalue weighted by atomic mass is 9.88. The predicted molar refractivity (Wildman–Crippen MR) is 55.7 cm³/mol. The topological polar surface area (TPSA) is 63.3 Å². The minimum atomic E-state index is -0.795. The third-order valence-electron chi connectivity index (χ3n) is 2.27. The average Bonchev–Trinajstić information content (AvgIpc) is 2.50. The Morgan fingerprint density at radius 2 is 2.20 bits per heavy atom. The Labute approximate surface area is 89.3 Å². The Morgan fingerprint density at radius 3 is 2.67 bits per heavy atom. The van der Waals surface area contributed by atoms with Crippen LogP contribution in [0.1, 0.15) is 39.0 Å². The first-order chi connectivity index (χ1) is 6.82. The maximum atomic E-state index is 10.7. The number of rotatable bonds is 3. The highest BCUT2D eigenvalue weighted by Crippen LogP contribution is 2.27. The van der Waals surface area contributed by atoms with Crippen LogP contribution in [0.2, 0.25) is 0 Å². The molecule has 0 bridgehead atoms. The molecule has 1 rings (SSSR count). The van der Waals surface area contributed by atoms with Crippen LogP contribution in [0.3, 0.4) is 0 Å². The summed E-state index contributed by atoms with van der Waals surface area (Å²) in [6.07, 6.45) is 2.07. The highest BCUT2D eigenvalue weighted by molar-refractivity contribution is 5.69. The highest BCUT2D eigenvalue weighted by atomic mass is 16.5. The van der Waals surface area contributed by atoms with E-state index >= 15 is 0 Å². The third kappa shape index (κ3) is 2.81. The van der Waals surface area contributed by atoms with E-state index in [1.807, 2.05) is 20.8 Å². The van der Waals surface area contributed by atoms with Crippen LogP contribution >= 0.6 is 0 Å². The van der Waals surface area contributed by atoms with Gasteiger partial charge in [0, 0.05) is 11.0 Å². The standard InChI is InChI=1S/C11H17NO3/c1-7(10(13)14)5-8-6-12-15-9(8)11(2,3)4/h6-7H,5H2,1-4H3,(H,13,14). The molecule has 1 N–H and O–H groups in total. The Bertz CT molecular complexity index is 349. The summed E-state index contributed by atoms with van der Waals surface area (Å²) < 4.78 is 5.17. The van der Waals surface area contributed by atoms with Crippen molar-refractivity contribution in [3.05, 3.63) is 17.5 Å². The van der Waals surface area contributed by atoms with Gasteiger partial charge in [0.15, 0.2) is 0 Å². The van der Waals surface area contributed by atoms with E-state index in [1.54, 1.807) is 13.1 Å². The number of carboxylic acids is 1. The van der Waals surface area contributed by atoms with Gasteiger partial charge in [-0.15, -0.1) is 0 Å². The van der Waals surface area contributed by atoms with E-state index in [1.165, 1.54) is 0 Å². The molecule has 15 heavy (non-hydrogen) atoms. The number of carboxylic acid groups (broad SMARTS) is 1. The molecule has 0 radical (unpaired) electrons. The molecule has 4 heteroatoms. The first-order valence-electron chi connectivity index (χ1n) is 4.99. The second kappa shape index (κ2) is 4.04. The van der Waals surface area contributed by atoms with E-state index in [9.17, 15) is 4.79 Å². The first kappa shape index (κ1) is 11.8. The SMILES string of the molecule is CC(Cc1cnoc1C(C)(C)C)C(=O)O. The normalized spacial score (nSPS) is 13.9. The minimum absolute atomic E-state index is 0.135. The molecule has 0 aromatic carbocycles. The summed E-state index contributed by atoms with van der Waals surface area (Å²) in [6.45, 7) is 7.73. The summed E-state index contributed by atoms with van der Waals surface area (Å²) >= 11 is 0. The van der Waals surface area contributed by atoms with Crippen LogP contribution in [-0.4, -0.2) is 16.2 Å². The van der Waals surface area contributed by atoms with Gasteiger partial charge in [0.2, 0.25) is 0 Å². The van der Waals surface area contributed by atoms with Gasteiger partial charge in [0.05, 0.1) is 12.1 Å². The molecular formula is C11H17NO3. The molecule has 0 aliphatic rings. The van der Waals surface area contributed by atoms with Crippen molar-refractivity contribution in [1.82, 2.24) is 5.16 Å². The van der Waals surface area contributed by atoms with Crippen molar-refractivity contribution < 1.29 is 14.4 Å². The minimum Gasteiger partial charge on any atom is -0.481 e. The molecule has 1 aromatic rings. The Morgan fingerprint density at radius 1 is 1.60 bits per heavy atom. The second-order valence-corrected chi connectivity index (χ2v) is 4.87. The molecule has 0 fully saturated rings. The van der Waals surface area contributed by atoms with Crippen LogP contribution in [0, 0.1) is 5.92 Å². The van der Waals surface area contributed by atoms with E-state index in [2.05, 4.69) is 5.16 Å². The first-order valence-corrected chi connectivity index (χ1v) is 4.99. The van der Waals surface area contributed by atoms with Crippen molar-refractivity contribution >= 4 is 5.97 Å². The Balaban J connectivity index is 2.87. The molecule has 0 aliphatic heterocycles. The fraction of sp³-hybridized carbons (Fsp3) is 0.636. The monoisotopic (exact) mass is 211 g/mol. The predicted octanol–water partition coefficient (Wildman–Crippen LogP) is 2.24. The molecule has 0 spiro atoms. The number of hydrogen-bond acceptors (Lipinski definition) is 3. The van der Waals surface area contributed by atoms with Crippen molar-refractivity contribution in [1.29, 1.82) is 0 Å². The quantitative estimate of drug-likeness (QED) is 0.832. The maximum absolute atomic E-state index is 10.7. The fourth-order valence-electron chi connectivity index (χ4n) is 1.44. The molecule has 4 nitrogen and oxygen atoms in total. The number of carbonyl (C=O) groups is 1. The van der Waals surface area contributed by atoms with Crippen molar-refractivity contribution in [3.8, 4) is 0 Å². The van der Waals surface area contributed by atoms with Gasteiger partial charge in [-0.3, -0.25) is 4.79 Å². The molecule has 84 valence electrons. The van der Waals surface area contributed by atoms with Crippen molar-refractivity contribution in [2.45, 2.75) is 39.5 Å². The Hall–Kier alpha value is -1.32. The summed E-state index contributed by atoms with van der Waals surface area (Å²) in [5.74, 6) is -0.433. The lowest BCUT2D eigenvalue weighted by Crippen LogP contribution is -2.17. The van der Waals surface area contributed by atoms with Crippen molar-refractivity contribution in [3.63, 3.8) is 0 Å². The molecule has 0 saturated heterocycles. The number of nitrogens with zero attached hydrogens (tertiary/aromatic N) is 1. The second-order valence-electron chi connectivity index (χ2n) is 4.87. The van der Waals surface area contributed by atoms with E-state index in [0.717, 1.165) is 11.3 Å². The summed E-state index contributed by atoms with van der Waals surface area (Å²) in [5.41, 5.74) is 0.752. The molecule has 0 amide bonds. The van der Waals surface area contributed by atoms with Crippen molar-refractivity contribution in [2.24, 2.45) is 5.92 Å². The summed E-state index contributed by atoms with van der Waals surface area (Å²) in [6, 6.07) is 0. The number of aliphatic carboxylic acids is 1. The van der Waals surface area contributed by atoms with Gasteiger partial charge in [0.25, 0.3) is 0 Å². The zero-order valence-corrected chi connectivity index (χ0v) is 9.57. The van der Waals surface area contributed by atoms with Crippen molar-refractivity contribution in [2.75, 3.05) is 0 Å². The summed E-state index contributed by atoms with van der Waals surface area (Å²) in [5, 5.41) is 12.6. The fourth-order valence-corrected chi connectivity index (χ4v) is 1.44. The van der Waals surface area contributed by atoms with Crippen LogP contribution in [0.4, 0.5) is 0 Å². The zero-order valence-electron chi connectivity index (χ0n) is 9.57. The van der Waals surface area contributed by atoms with E-state index < -0.39 is 11.9 Å².